The normalized spacial score (nSPS) is 21.3. The third-order valence-corrected chi connectivity index (χ3v) is 5.58. The van der Waals surface area contributed by atoms with Crippen molar-refractivity contribution in [1.82, 2.24) is 20.3 Å². The van der Waals surface area contributed by atoms with Crippen LogP contribution in [0.4, 0.5) is 5.13 Å². The number of nitrogens with one attached hydrogen (secondary N) is 1. The summed E-state index contributed by atoms with van der Waals surface area (Å²) < 4.78 is 5.40. The van der Waals surface area contributed by atoms with Crippen LogP contribution in [0.1, 0.15) is 60.5 Å². The first kappa shape index (κ1) is 15.7. The first-order valence-corrected chi connectivity index (χ1v) is 9.31. The zero-order valence-electron chi connectivity index (χ0n) is 13.7. The van der Waals surface area contributed by atoms with Crippen LogP contribution in [-0.2, 0) is 4.79 Å². The van der Waals surface area contributed by atoms with E-state index in [0.717, 1.165) is 35.8 Å². The van der Waals surface area contributed by atoms with E-state index in [0.29, 0.717) is 24.0 Å². The highest BCUT2D eigenvalue weighted by Gasteiger charge is 2.30. The molecule has 2 fully saturated rings. The van der Waals surface area contributed by atoms with Gasteiger partial charge in [-0.25, -0.2) is 0 Å². The zero-order valence-corrected chi connectivity index (χ0v) is 14.5. The van der Waals surface area contributed by atoms with Crippen molar-refractivity contribution < 1.29 is 9.32 Å². The zero-order chi connectivity index (χ0) is 16.5. The summed E-state index contributed by atoms with van der Waals surface area (Å²) in [5.74, 6) is 1.47. The summed E-state index contributed by atoms with van der Waals surface area (Å²) in [4.78, 5) is 14.5. The van der Waals surface area contributed by atoms with Crippen LogP contribution in [-0.4, -0.2) is 39.3 Å². The number of aryl methyl sites for hydroxylation is 1. The summed E-state index contributed by atoms with van der Waals surface area (Å²) in [6, 6.07) is 2.23. The number of amides is 1. The van der Waals surface area contributed by atoms with Gasteiger partial charge in [-0.2, -0.15) is 0 Å². The van der Waals surface area contributed by atoms with Gasteiger partial charge in [-0.15, -0.1) is 10.2 Å². The lowest BCUT2D eigenvalue weighted by atomic mass is 10.1. The average molecular weight is 347 g/mol. The van der Waals surface area contributed by atoms with Crippen LogP contribution in [0.2, 0.25) is 0 Å². The highest BCUT2D eigenvalue weighted by atomic mass is 32.1. The standard InChI is InChI=1S/C16H21N5O2S/c1-10-9-13(23-20-10)12-3-2-7-21(12)8-6-14(22)17-16-19-18-15(24-16)11-4-5-11/h9,11-12H,2-8H2,1H3,(H,17,19,22)/t12-/m1/s1. The summed E-state index contributed by atoms with van der Waals surface area (Å²) >= 11 is 1.50. The second kappa shape index (κ2) is 6.60. The Morgan fingerprint density at radius 2 is 2.29 bits per heavy atom. The van der Waals surface area contributed by atoms with E-state index in [2.05, 4.69) is 25.6 Å². The van der Waals surface area contributed by atoms with E-state index in [4.69, 9.17) is 4.52 Å². The van der Waals surface area contributed by atoms with Crippen molar-refractivity contribution in [3.63, 3.8) is 0 Å². The Labute approximate surface area is 144 Å². The number of aromatic nitrogens is 3. The molecule has 4 rings (SSSR count). The lowest BCUT2D eigenvalue weighted by Gasteiger charge is -2.21. The third-order valence-electron chi connectivity index (χ3n) is 4.58. The highest BCUT2D eigenvalue weighted by Crippen LogP contribution is 2.42. The molecule has 1 atom stereocenters. The predicted molar refractivity (Wildman–Crippen MR) is 89.9 cm³/mol. The van der Waals surface area contributed by atoms with Gasteiger partial charge in [-0.05, 0) is 39.2 Å². The quantitative estimate of drug-likeness (QED) is 0.865. The van der Waals surface area contributed by atoms with Crippen molar-refractivity contribution in [2.24, 2.45) is 0 Å². The van der Waals surface area contributed by atoms with E-state index < -0.39 is 0 Å². The van der Waals surface area contributed by atoms with Gasteiger partial charge < -0.3 is 9.84 Å². The fraction of sp³-hybridized carbons (Fsp3) is 0.625. The monoisotopic (exact) mass is 347 g/mol. The van der Waals surface area contributed by atoms with Gasteiger partial charge in [0.05, 0.1) is 11.7 Å². The second-order valence-corrected chi connectivity index (χ2v) is 7.59. The van der Waals surface area contributed by atoms with E-state index in [1.165, 1.54) is 24.2 Å². The fourth-order valence-electron chi connectivity index (χ4n) is 3.16. The molecule has 3 heterocycles. The maximum Gasteiger partial charge on any atom is 0.227 e. The maximum atomic E-state index is 12.2. The van der Waals surface area contributed by atoms with E-state index >= 15 is 0 Å². The van der Waals surface area contributed by atoms with Crippen molar-refractivity contribution >= 4 is 22.4 Å². The Kier molecular flexibility index (Phi) is 4.32. The molecule has 0 spiro atoms. The maximum absolute atomic E-state index is 12.2. The lowest BCUT2D eigenvalue weighted by molar-refractivity contribution is -0.116. The molecular weight excluding hydrogens is 326 g/mol. The smallest absolute Gasteiger partial charge is 0.227 e. The molecule has 1 amide bonds. The van der Waals surface area contributed by atoms with Gasteiger partial charge in [0.25, 0.3) is 0 Å². The molecule has 1 aliphatic heterocycles. The predicted octanol–water partition coefficient (Wildman–Crippen LogP) is 2.88. The summed E-state index contributed by atoms with van der Waals surface area (Å²) in [5, 5.41) is 16.7. The largest absolute Gasteiger partial charge is 0.359 e. The van der Waals surface area contributed by atoms with Gasteiger partial charge in [0.15, 0.2) is 5.76 Å². The Balaban J connectivity index is 1.29. The topological polar surface area (TPSA) is 84.2 Å². The number of anilines is 1. The van der Waals surface area contributed by atoms with Crippen LogP contribution in [0.15, 0.2) is 10.6 Å². The van der Waals surface area contributed by atoms with Gasteiger partial charge in [0.1, 0.15) is 5.01 Å². The first-order chi connectivity index (χ1) is 11.7. The van der Waals surface area contributed by atoms with Crippen molar-refractivity contribution in [2.75, 3.05) is 18.4 Å². The van der Waals surface area contributed by atoms with Crippen LogP contribution in [0.3, 0.4) is 0 Å². The molecular formula is C16H21N5O2S. The van der Waals surface area contributed by atoms with Crippen molar-refractivity contribution in [3.05, 3.63) is 22.5 Å². The Bertz CT molecular complexity index is 724. The molecule has 2 aliphatic rings. The minimum absolute atomic E-state index is 0.00658. The van der Waals surface area contributed by atoms with Crippen LogP contribution in [0, 0.1) is 6.92 Å². The average Bonchev–Trinajstić information content (AvgIpc) is 2.97. The second-order valence-electron chi connectivity index (χ2n) is 6.58. The summed E-state index contributed by atoms with van der Waals surface area (Å²) in [5.41, 5.74) is 0.900. The van der Waals surface area contributed by atoms with Crippen LogP contribution >= 0.6 is 11.3 Å². The number of likely N-dealkylation sites (tertiary alicyclic amines) is 1. The molecule has 1 N–H and O–H groups in total. The summed E-state index contributed by atoms with van der Waals surface area (Å²) in [6.45, 7) is 3.63. The molecule has 0 unspecified atom stereocenters. The Hall–Kier alpha value is -1.80. The summed E-state index contributed by atoms with van der Waals surface area (Å²) in [6.07, 6.45) is 5.01. The Morgan fingerprint density at radius 3 is 3.04 bits per heavy atom. The molecule has 24 heavy (non-hydrogen) atoms. The molecule has 0 radical (unpaired) electrons. The molecule has 128 valence electrons. The van der Waals surface area contributed by atoms with E-state index in [1.807, 2.05) is 13.0 Å². The number of hydrogen-bond acceptors (Lipinski definition) is 7. The Morgan fingerprint density at radius 1 is 1.42 bits per heavy atom. The van der Waals surface area contributed by atoms with Crippen LogP contribution in [0.5, 0.6) is 0 Å². The molecule has 1 aliphatic carbocycles. The number of hydrogen-bond donors (Lipinski definition) is 1. The van der Waals surface area contributed by atoms with Gasteiger partial charge in [0, 0.05) is 24.9 Å². The first-order valence-electron chi connectivity index (χ1n) is 8.49. The minimum Gasteiger partial charge on any atom is -0.359 e. The SMILES string of the molecule is Cc1cc([C@H]2CCCN2CCC(=O)Nc2nnc(C3CC3)s2)on1. The highest BCUT2D eigenvalue weighted by molar-refractivity contribution is 7.15. The van der Waals surface area contributed by atoms with Crippen LogP contribution in [0.25, 0.3) is 0 Å². The molecule has 1 saturated heterocycles. The van der Waals surface area contributed by atoms with Crippen molar-refractivity contribution in [2.45, 2.75) is 51.0 Å². The van der Waals surface area contributed by atoms with Gasteiger partial charge in [-0.1, -0.05) is 16.5 Å². The number of carbonyl (C=O) groups is 1. The fourth-order valence-corrected chi connectivity index (χ4v) is 4.09. The van der Waals surface area contributed by atoms with Crippen molar-refractivity contribution in [1.29, 1.82) is 0 Å². The molecule has 0 bridgehead atoms. The third kappa shape index (κ3) is 3.49. The van der Waals surface area contributed by atoms with Crippen LogP contribution < -0.4 is 5.32 Å². The van der Waals surface area contributed by atoms with E-state index in [-0.39, 0.29) is 11.9 Å². The molecule has 2 aromatic rings. The minimum atomic E-state index is -0.00658. The number of carbonyl (C=O) groups excluding carboxylic acids is 1. The molecule has 8 heteroatoms. The molecule has 2 aromatic heterocycles. The van der Waals surface area contributed by atoms with Gasteiger partial charge in [-0.3, -0.25) is 9.69 Å². The number of rotatable bonds is 6. The number of nitrogens with zero attached hydrogens (tertiary/aromatic N) is 4. The van der Waals surface area contributed by atoms with Gasteiger partial charge in [0.2, 0.25) is 11.0 Å². The molecule has 7 nitrogen and oxygen atoms in total. The van der Waals surface area contributed by atoms with E-state index in [9.17, 15) is 4.79 Å². The summed E-state index contributed by atoms with van der Waals surface area (Å²) in [7, 11) is 0. The van der Waals surface area contributed by atoms with Gasteiger partial charge >= 0.3 is 0 Å². The lowest BCUT2D eigenvalue weighted by Crippen LogP contribution is -2.27. The van der Waals surface area contributed by atoms with Crippen molar-refractivity contribution in [3.8, 4) is 0 Å². The molecule has 1 saturated carbocycles. The van der Waals surface area contributed by atoms with E-state index in [1.54, 1.807) is 0 Å². The molecule has 0 aromatic carbocycles.